The summed E-state index contributed by atoms with van der Waals surface area (Å²) < 4.78 is 23.4. The van der Waals surface area contributed by atoms with E-state index in [1.54, 1.807) is 6.08 Å². The van der Waals surface area contributed by atoms with Crippen LogP contribution in [0.5, 0.6) is 0 Å². The highest BCUT2D eigenvalue weighted by Crippen LogP contribution is 2.38. The Morgan fingerprint density at radius 3 is 1.24 bits per heavy atom. The van der Waals surface area contributed by atoms with Gasteiger partial charge in [-0.25, -0.2) is 0 Å². The number of unbranched alkanes of at least 4 members (excludes halogenated alkanes) is 35. The number of phosphoric acid groups is 1. The number of phosphoric ester groups is 1. The van der Waals surface area contributed by atoms with E-state index in [4.69, 9.17) is 9.05 Å². The Bertz CT molecular complexity index is 1360. The number of rotatable bonds is 56. The monoisotopic (exact) mass is 1030 g/mol. The van der Waals surface area contributed by atoms with E-state index in [1.807, 2.05) is 27.2 Å². The van der Waals surface area contributed by atoms with Crippen LogP contribution in [0, 0.1) is 0 Å². The lowest BCUT2D eigenvalue weighted by atomic mass is 10.0. The molecule has 1 amide bonds. The number of amides is 1. The minimum atomic E-state index is -4.60. The molecule has 0 heterocycles. The molecule has 0 radical (unpaired) electrons. The third-order valence-corrected chi connectivity index (χ3v) is 14.7. The number of carbonyl (C=O) groups excluding carboxylic acids is 1. The molecular formula is C63H119N2O6P. The van der Waals surface area contributed by atoms with Crippen molar-refractivity contribution in [2.45, 2.75) is 296 Å². The van der Waals surface area contributed by atoms with Gasteiger partial charge in [0.2, 0.25) is 5.91 Å². The Morgan fingerprint density at radius 1 is 0.500 bits per heavy atom. The smallest absolute Gasteiger partial charge is 0.268 e. The molecule has 0 aliphatic heterocycles. The fourth-order valence-corrected chi connectivity index (χ4v) is 9.69. The second kappa shape index (κ2) is 54.0. The maximum absolute atomic E-state index is 13.0. The van der Waals surface area contributed by atoms with Gasteiger partial charge in [0.1, 0.15) is 13.2 Å². The van der Waals surface area contributed by atoms with Gasteiger partial charge in [0.25, 0.3) is 7.82 Å². The number of nitrogens with one attached hydrogen (secondary N) is 1. The van der Waals surface area contributed by atoms with Gasteiger partial charge in [0.15, 0.2) is 0 Å². The first-order valence-electron chi connectivity index (χ1n) is 30.7. The molecule has 8 nitrogen and oxygen atoms in total. The van der Waals surface area contributed by atoms with Gasteiger partial charge in [-0.05, 0) is 57.8 Å². The topological polar surface area (TPSA) is 108 Å². The number of nitrogens with zero attached hydrogens (tertiary/aromatic N) is 1. The van der Waals surface area contributed by atoms with Crippen molar-refractivity contribution in [1.29, 1.82) is 0 Å². The highest BCUT2D eigenvalue weighted by Gasteiger charge is 2.23. The lowest BCUT2D eigenvalue weighted by Gasteiger charge is -2.29. The summed E-state index contributed by atoms with van der Waals surface area (Å²) in [7, 11) is 1.27. The van der Waals surface area contributed by atoms with Crippen molar-refractivity contribution >= 4 is 13.7 Å². The molecule has 72 heavy (non-hydrogen) atoms. The van der Waals surface area contributed by atoms with Crippen LogP contribution < -0.4 is 10.2 Å². The Balaban J connectivity index is 4.10. The summed E-state index contributed by atoms with van der Waals surface area (Å²) >= 11 is 0. The number of carbonyl (C=O) groups is 1. The van der Waals surface area contributed by atoms with Crippen LogP contribution in [-0.4, -0.2) is 68.5 Å². The van der Waals surface area contributed by atoms with E-state index in [0.29, 0.717) is 17.4 Å². The van der Waals surface area contributed by atoms with Gasteiger partial charge in [-0.2, -0.15) is 0 Å². The Hall–Kier alpha value is -1.80. The second-order valence-electron chi connectivity index (χ2n) is 22.0. The van der Waals surface area contributed by atoms with Crippen molar-refractivity contribution in [1.82, 2.24) is 5.32 Å². The zero-order chi connectivity index (χ0) is 52.7. The molecule has 0 saturated heterocycles. The Kier molecular flexibility index (Phi) is 52.7. The van der Waals surface area contributed by atoms with Crippen LogP contribution in [0.2, 0.25) is 0 Å². The molecule has 0 rings (SSSR count). The van der Waals surface area contributed by atoms with Crippen LogP contribution in [0.1, 0.15) is 284 Å². The number of allylic oxidation sites excluding steroid dienone is 9. The zero-order valence-corrected chi connectivity index (χ0v) is 49.0. The molecule has 0 fully saturated rings. The first-order valence-corrected chi connectivity index (χ1v) is 32.1. The minimum Gasteiger partial charge on any atom is -0.756 e. The van der Waals surface area contributed by atoms with Gasteiger partial charge in [0.05, 0.1) is 39.9 Å². The van der Waals surface area contributed by atoms with Crippen LogP contribution >= 0.6 is 7.82 Å². The number of quaternary nitrogens is 1. The summed E-state index contributed by atoms with van der Waals surface area (Å²) in [4.78, 5) is 25.5. The molecule has 0 aliphatic carbocycles. The van der Waals surface area contributed by atoms with Crippen LogP contribution in [0.4, 0.5) is 0 Å². The van der Waals surface area contributed by atoms with Crippen molar-refractivity contribution in [3.05, 3.63) is 60.8 Å². The fourth-order valence-electron chi connectivity index (χ4n) is 8.97. The molecule has 0 aliphatic rings. The SMILES string of the molecule is CC/C=C\C/C=C\C/C=C\C/C=C\CCCCCCCCCCCCCCCCCCCCC(=O)NC(COP(=O)([O-])OCC[N+](C)(C)C)C(O)/C=C/CCCCCCCCCCCCCCCCCCC. The van der Waals surface area contributed by atoms with Crippen LogP contribution in [0.25, 0.3) is 0 Å². The molecule has 0 spiro atoms. The summed E-state index contributed by atoms with van der Waals surface area (Å²) in [6, 6.07) is -0.887. The molecular weight excluding hydrogens is 912 g/mol. The molecule has 2 N–H and O–H groups in total. The van der Waals surface area contributed by atoms with E-state index in [2.05, 4.69) is 67.8 Å². The molecule has 9 heteroatoms. The number of likely N-dealkylation sites (N-methyl/N-ethyl adjacent to an activating group) is 1. The van der Waals surface area contributed by atoms with Gasteiger partial charge in [-0.1, -0.05) is 280 Å². The second-order valence-corrected chi connectivity index (χ2v) is 23.4. The quantitative estimate of drug-likeness (QED) is 0.0272. The highest BCUT2D eigenvalue weighted by atomic mass is 31.2. The third-order valence-electron chi connectivity index (χ3n) is 13.7. The summed E-state index contributed by atoms with van der Waals surface area (Å²) in [5, 5.41) is 13.9. The molecule has 422 valence electrons. The average Bonchev–Trinajstić information content (AvgIpc) is 3.34. The number of hydrogen-bond acceptors (Lipinski definition) is 6. The zero-order valence-electron chi connectivity index (χ0n) is 48.1. The normalized spacial score (nSPS) is 14.3. The first-order chi connectivity index (χ1) is 35.0. The molecule has 0 saturated carbocycles. The Labute approximate surface area is 447 Å². The largest absolute Gasteiger partial charge is 0.756 e. The van der Waals surface area contributed by atoms with Crippen molar-refractivity contribution in [2.75, 3.05) is 40.9 Å². The van der Waals surface area contributed by atoms with E-state index < -0.39 is 20.0 Å². The third kappa shape index (κ3) is 55.9. The maximum atomic E-state index is 13.0. The van der Waals surface area contributed by atoms with Gasteiger partial charge in [-0.15, -0.1) is 0 Å². The lowest BCUT2D eigenvalue weighted by Crippen LogP contribution is -2.45. The van der Waals surface area contributed by atoms with E-state index in [-0.39, 0.29) is 19.1 Å². The standard InChI is InChI=1S/C63H119N2O6P/c1-6-8-10-12-14-16-18-20-22-24-26-27-28-29-30-31-32-33-34-35-36-37-39-41-43-45-47-49-51-53-55-57-63(67)64-61(60-71-72(68,69)70-59-58-65(3,4)5)62(66)56-54-52-50-48-46-44-42-40-38-25-23-21-19-17-15-13-11-9-7-2/h8,10,14,16,20,22,26-27,54,56,61-62,66H,6-7,9,11-13,15,17-19,21,23-25,28-53,55,57-60H2,1-5H3,(H-,64,67,68,69)/b10-8-,16-14-,22-20-,27-26-,56-54+. The average molecular weight is 1030 g/mol. The predicted octanol–water partition coefficient (Wildman–Crippen LogP) is 18.2. The molecule has 3 atom stereocenters. The molecule has 0 aromatic heterocycles. The van der Waals surface area contributed by atoms with Crippen molar-refractivity contribution < 1.29 is 32.9 Å². The highest BCUT2D eigenvalue weighted by molar-refractivity contribution is 7.45. The van der Waals surface area contributed by atoms with Gasteiger partial charge in [0, 0.05) is 6.42 Å². The maximum Gasteiger partial charge on any atom is 0.268 e. The number of aliphatic hydroxyl groups excluding tert-OH is 1. The first kappa shape index (κ1) is 70.2. The fraction of sp³-hybridized carbons (Fsp3) is 0.825. The lowest BCUT2D eigenvalue weighted by molar-refractivity contribution is -0.870. The molecule has 0 aromatic carbocycles. The van der Waals surface area contributed by atoms with E-state index in [1.165, 1.54) is 199 Å². The van der Waals surface area contributed by atoms with Crippen molar-refractivity contribution in [3.63, 3.8) is 0 Å². The van der Waals surface area contributed by atoms with Crippen LogP contribution in [-0.2, 0) is 18.4 Å². The van der Waals surface area contributed by atoms with Crippen molar-refractivity contribution in [3.8, 4) is 0 Å². The van der Waals surface area contributed by atoms with Crippen molar-refractivity contribution in [2.24, 2.45) is 0 Å². The van der Waals surface area contributed by atoms with E-state index >= 15 is 0 Å². The molecule has 0 aromatic rings. The number of aliphatic hydroxyl groups is 1. The van der Waals surface area contributed by atoms with Crippen LogP contribution in [0.15, 0.2) is 60.8 Å². The summed E-state index contributed by atoms with van der Waals surface area (Å²) in [6.45, 7) is 4.57. The van der Waals surface area contributed by atoms with E-state index in [0.717, 1.165) is 64.2 Å². The van der Waals surface area contributed by atoms with Crippen LogP contribution in [0.3, 0.4) is 0 Å². The minimum absolute atomic E-state index is 0.000772. The van der Waals surface area contributed by atoms with Gasteiger partial charge < -0.3 is 28.8 Å². The summed E-state index contributed by atoms with van der Waals surface area (Å²) in [6.07, 6.45) is 73.0. The van der Waals surface area contributed by atoms with Gasteiger partial charge >= 0.3 is 0 Å². The van der Waals surface area contributed by atoms with Gasteiger partial charge in [-0.3, -0.25) is 9.36 Å². The Morgan fingerprint density at radius 2 is 0.847 bits per heavy atom. The predicted molar refractivity (Wildman–Crippen MR) is 311 cm³/mol. The van der Waals surface area contributed by atoms with E-state index in [9.17, 15) is 19.4 Å². The summed E-state index contributed by atoms with van der Waals surface area (Å²) in [5.41, 5.74) is 0. The number of hydrogen-bond donors (Lipinski definition) is 2. The molecule has 3 unspecified atom stereocenters. The summed E-state index contributed by atoms with van der Waals surface area (Å²) in [5.74, 6) is -0.194. The molecule has 0 bridgehead atoms.